The Hall–Kier alpha value is -1.51. The van der Waals surface area contributed by atoms with Crippen molar-refractivity contribution < 1.29 is 9.21 Å². The van der Waals surface area contributed by atoms with Crippen molar-refractivity contribution in [1.29, 1.82) is 0 Å². The summed E-state index contributed by atoms with van der Waals surface area (Å²) in [5.41, 5.74) is 2.09. The van der Waals surface area contributed by atoms with Gasteiger partial charge in [0.2, 0.25) is 0 Å². The highest BCUT2D eigenvalue weighted by Crippen LogP contribution is 2.22. The Labute approximate surface area is 102 Å². The summed E-state index contributed by atoms with van der Waals surface area (Å²) >= 11 is 0. The molecule has 0 amide bonds. The van der Waals surface area contributed by atoms with Gasteiger partial charge in [-0.05, 0) is 30.2 Å². The largest absolute Gasteiger partial charge is 0.453 e. The van der Waals surface area contributed by atoms with Crippen LogP contribution in [0.15, 0.2) is 28.7 Å². The van der Waals surface area contributed by atoms with Crippen molar-refractivity contribution in [2.45, 2.75) is 32.9 Å². The molecule has 2 rings (SSSR count). The van der Waals surface area contributed by atoms with Gasteiger partial charge in [0, 0.05) is 12.3 Å². The summed E-state index contributed by atoms with van der Waals surface area (Å²) < 4.78 is 5.45. The maximum atomic E-state index is 11.2. The molecule has 1 radical (unpaired) electrons. The van der Waals surface area contributed by atoms with Crippen molar-refractivity contribution in [3.05, 3.63) is 35.6 Å². The van der Waals surface area contributed by atoms with E-state index >= 15 is 0 Å². The van der Waals surface area contributed by atoms with Gasteiger partial charge in [-0.1, -0.05) is 25.6 Å². The lowest BCUT2D eigenvalue weighted by Crippen LogP contribution is -1.87. The molecule has 0 saturated heterocycles. The van der Waals surface area contributed by atoms with Gasteiger partial charge < -0.3 is 4.42 Å². The SMILES string of the molecule is C[B]CCCc1ccc2oc(C(C)=O)cc2c1. The standard InChI is InChI=1S/C14H16BO2/c1-10(16)14-9-12-8-11(4-3-7-15-2)5-6-13(12)17-14/h5-6,8-9H,3-4,7H2,1-2H3. The van der Waals surface area contributed by atoms with E-state index in [-0.39, 0.29) is 5.78 Å². The molecule has 0 atom stereocenters. The predicted octanol–water partition coefficient (Wildman–Crippen LogP) is 3.74. The number of hydrogen-bond acceptors (Lipinski definition) is 2. The van der Waals surface area contributed by atoms with Crippen LogP contribution in [0.5, 0.6) is 0 Å². The first-order valence-corrected chi connectivity index (χ1v) is 6.02. The van der Waals surface area contributed by atoms with E-state index in [9.17, 15) is 4.79 Å². The number of Topliss-reactive ketones (excluding diaryl/α,β-unsaturated/α-hetero) is 1. The first-order chi connectivity index (χ1) is 8.20. The molecule has 0 fully saturated rings. The molecular formula is C14H16BO2. The molecule has 0 saturated carbocycles. The Morgan fingerprint density at radius 2 is 2.18 bits per heavy atom. The van der Waals surface area contributed by atoms with E-state index in [4.69, 9.17) is 4.42 Å². The van der Waals surface area contributed by atoms with Crippen molar-refractivity contribution in [3.63, 3.8) is 0 Å². The number of carbonyl (C=O) groups excluding carboxylic acids is 1. The lowest BCUT2D eigenvalue weighted by Gasteiger charge is -1.99. The second kappa shape index (κ2) is 5.22. The molecule has 0 aliphatic heterocycles. The van der Waals surface area contributed by atoms with Crippen molar-refractivity contribution in [3.8, 4) is 0 Å². The molecular weight excluding hydrogens is 211 g/mol. The number of hydrogen-bond donors (Lipinski definition) is 0. The summed E-state index contributed by atoms with van der Waals surface area (Å²) in [6.45, 7) is 3.61. The van der Waals surface area contributed by atoms with Gasteiger partial charge in [-0.25, -0.2) is 0 Å². The van der Waals surface area contributed by atoms with Crippen molar-refractivity contribution in [1.82, 2.24) is 0 Å². The Morgan fingerprint density at radius 1 is 1.35 bits per heavy atom. The first kappa shape index (κ1) is 12.0. The molecule has 0 aliphatic rings. The number of rotatable bonds is 5. The predicted molar refractivity (Wildman–Crippen MR) is 71.0 cm³/mol. The molecule has 2 nitrogen and oxygen atoms in total. The van der Waals surface area contributed by atoms with Gasteiger partial charge in [0.1, 0.15) is 12.9 Å². The van der Waals surface area contributed by atoms with Gasteiger partial charge in [0.25, 0.3) is 0 Å². The van der Waals surface area contributed by atoms with Crippen LogP contribution < -0.4 is 0 Å². The number of ketones is 1. The fourth-order valence-corrected chi connectivity index (χ4v) is 1.93. The summed E-state index contributed by atoms with van der Waals surface area (Å²) in [6, 6.07) is 7.96. The molecule has 3 heteroatoms. The Morgan fingerprint density at radius 3 is 2.88 bits per heavy atom. The van der Waals surface area contributed by atoms with E-state index in [0.29, 0.717) is 5.76 Å². The second-order valence-corrected chi connectivity index (χ2v) is 4.34. The Balaban J connectivity index is 2.21. The highest BCUT2D eigenvalue weighted by atomic mass is 16.3. The number of furan rings is 1. The van der Waals surface area contributed by atoms with Gasteiger partial charge in [-0.2, -0.15) is 0 Å². The monoisotopic (exact) mass is 227 g/mol. The van der Waals surface area contributed by atoms with Gasteiger partial charge in [0.05, 0.1) is 0 Å². The Kier molecular flexibility index (Phi) is 3.67. The number of carbonyl (C=O) groups is 1. The van der Waals surface area contributed by atoms with Crippen molar-refractivity contribution in [2.75, 3.05) is 0 Å². The van der Waals surface area contributed by atoms with Gasteiger partial charge in [0.15, 0.2) is 11.5 Å². The lowest BCUT2D eigenvalue weighted by molar-refractivity contribution is 0.0989. The van der Waals surface area contributed by atoms with Crippen LogP contribution in [0.2, 0.25) is 13.1 Å². The maximum Gasteiger partial charge on any atom is 0.194 e. The summed E-state index contributed by atoms with van der Waals surface area (Å²) in [4.78, 5) is 11.2. The summed E-state index contributed by atoms with van der Waals surface area (Å²) in [7, 11) is 2.18. The van der Waals surface area contributed by atoms with Gasteiger partial charge in [-0.15, -0.1) is 0 Å². The van der Waals surface area contributed by atoms with E-state index in [0.717, 1.165) is 23.7 Å². The topological polar surface area (TPSA) is 30.2 Å². The normalized spacial score (nSPS) is 10.7. The number of benzene rings is 1. The van der Waals surface area contributed by atoms with Crippen LogP contribution >= 0.6 is 0 Å². The minimum atomic E-state index is -0.0247. The molecule has 1 heterocycles. The van der Waals surface area contributed by atoms with Crippen LogP contribution in [-0.4, -0.2) is 13.1 Å². The molecule has 0 N–H and O–H groups in total. The average molecular weight is 227 g/mol. The lowest BCUT2D eigenvalue weighted by atomic mass is 9.76. The number of fused-ring (bicyclic) bond motifs is 1. The van der Waals surface area contributed by atoms with Crippen LogP contribution in [0.3, 0.4) is 0 Å². The Bertz CT molecular complexity index is 528. The molecule has 0 unspecified atom stereocenters. The molecule has 0 spiro atoms. The van der Waals surface area contributed by atoms with Crippen LogP contribution in [0, 0.1) is 0 Å². The first-order valence-electron chi connectivity index (χ1n) is 6.02. The average Bonchev–Trinajstić information content (AvgIpc) is 2.72. The quantitative estimate of drug-likeness (QED) is 0.442. The molecule has 2 aromatic rings. The molecule has 1 aromatic carbocycles. The van der Waals surface area contributed by atoms with Crippen LogP contribution in [0.1, 0.15) is 29.5 Å². The van der Waals surface area contributed by atoms with Gasteiger partial charge in [-0.3, -0.25) is 4.79 Å². The maximum absolute atomic E-state index is 11.2. The van der Waals surface area contributed by atoms with Crippen LogP contribution in [-0.2, 0) is 6.42 Å². The zero-order valence-corrected chi connectivity index (χ0v) is 10.3. The number of aryl methyl sites for hydroxylation is 1. The van der Waals surface area contributed by atoms with Crippen LogP contribution in [0.4, 0.5) is 0 Å². The minimum absolute atomic E-state index is 0.0247. The van der Waals surface area contributed by atoms with E-state index in [2.05, 4.69) is 26.2 Å². The van der Waals surface area contributed by atoms with E-state index in [1.54, 1.807) is 0 Å². The molecule has 17 heavy (non-hydrogen) atoms. The van der Waals surface area contributed by atoms with Crippen molar-refractivity contribution in [2.24, 2.45) is 0 Å². The fraction of sp³-hybridized carbons (Fsp3) is 0.357. The highest BCUT2D eigenvalue weighted by molar-refractivity contribution is 6.33. The van der Waals surface area contributed by atoms with Crippen molar-refractivity contribution >= 4 is 24.0 Å². The second-order valence-electron chi connectivity index (χ2n) is 4.34. The summed E-state index contributed by atoms with van der Waals surface area (Å²) in [5.74, 6) is 0.419. The van der Waals surface area contributed by atoms with E-state index in [1.165, 1.54) is 18.9 Å². The molecule has 87 valence electrons. The zero-order chi connectivity index (χ0) is 12.3. The minimum Gasteiger partial charge on any atom is -0.453 e. The van der Waals surface area contributed by atoms with E-state index in [1.807, 2.05) is 12.1 Å². The molecule has 1 aromatic heterocycles. The third-order valence-electron chi connectivity index (χ3n) is 2.89. The van der Waals surface area contributed by atoms with Gasteiger partial charge >= 0.3 is 0 Å². The molecule has 0 aliphatic carbocycles. The van der Waals surface area contributed by atoms with Crippen LogP contribution in [0.25, 0.3) is 11.0 Å². The van der Waals surface area contributed by atoms with E-state index < -0.39 is 0 Å². The third-order valence-corrected chi connectivity index (χ3v) is 2.89. The third kappa shape index (κ3) is 2.79. The summed E-state index contributed by atoms with van der Waals surface area (Å²) in [6.07, 6.45) is 3.38. The zero-order valence-electron chi connectivity index (χ0n) is 10.3. The highest BCUT2D eigenvalue weighted by Gasteiger charge is 2.07. The smallest absolute Gasteiger partial charge is 0.194 e. The summed E-state index contributed by atoms with van der Waals surface area (Å²) in [5, 5.41) is 1.02. The molecule has 0 bridgehead atoms. The fourth-order valence-electron chi connectivity index (χ4n) is 1.93.